The van der Waals surface area contributed by atoms with Gasteiger partial charge in [0.25, 0.3) is 0 Å². The SMILES string of the molecule is COC(=O)CC=Cc1cccc2c1CC=C2. The highest BCUT2D eigenvalue weighted by atomic mass is 16.5. The fourth-order valence-corrected chi connectivity index (χ4v) is 1.84. The number of carbonyl (C=O) groups excluding carboxylic acids is 1. The highest BCUT2D eigenvalue weighted by Crippen LogP contribution is 2.24. The molecule has 82 valence electrons. The van der Waals surface area contributed by atoms with Gasteiger partial charge in [0, 0.05) is 0 Å². The van der Waals surface area contributed by atoms with Gasteiger partial charge in [0.05, 0.1) is 13.5 Å². The third kappa shape index (κ3) is 2.22. The van der Waals surface area contributed by atoms with Crippen LogP contribution in [0, 0.1) is 0 Å². The maximum absolute atomic E-state index is 10.9. The minimum Gasteiger partial charge on any atom is -0.469 e. The molecule has 0 spiro atoms. The van der Waals surface area contributed by atoms with Gasteiger partial charge in [0.15, 0.2) is 0 Å². The average Bonchev–Trinajstić information content (AvgIpc) is 2.77. The van der Waals surface area contributed by atoms with Crippen LogP contribution in [0.2, 0.25) is 0 Å². The molecule has 0 unspecified atom stereocenters. The van der Waals surface area contributed by atoms with E-state index < -0.39 is 0 Å². The Labute approximate surface area is 95.2 Å². The molecule has 0 N–H and O–H groups in total. The van der Waals surface area contributed by atoms with E-state index in [1.807, 2.05) is 18.2 Å². The molecule has 0 fully saturated rings. The Morgan fingerprint density at radius 2 is 2.38 bits per heavy atom. The van der Waals surface area contributed by atoms with Gasteiger partial charge in [0.1, 0.15) is 0 Å². The monoisotopic (exact) mass is 214 g/mol. The molecule has 0 aromatic heterocycles. The van der Waals surface area contributed by atoms with Crippen molar-refractivity contribution in [1.29, 1.82) is 0 Å². The maximum Gasteiger partial charge on any atom is 0.309 e. The van der Waals surface area contributed by atoms with Crippen molar-refractivity contribution in [2.75, 3.05) is 7.11 Å². The molecule has 0 amide bonds. The van der Waals surface area contributed by atoms with Crippen LogP contribution in [-0.4, -0.2) is 13.1 Å². The number of hydrogen-bond acceptors (Lipinski definition) is 2. The molecule has 1 aromatic carbocycles. The Hall–Kier alpha value is -1.83. The summed E-state index contributed by atoms with van der Waals surface area (Å²) in [7, 11) is 1.40. The lowest BCUT2D eigenvalue weighted by molar-refractivity contribution is -0.139. The van der Waals surface area contributed by atoms with E-state index in [4.69, 9.17) is 0 Å². The molecule has 1 aliphatic rings. The van der Waals surface area contributed by atoms with Crippen molar-refractivity contribution in [3.05, 3.63) is 47.0 Å². The van der Waals surface area contributed by atoms with E-state index in [9.17, 15) is 4.79 Å². The minimum absolute atomic E-state index is 0.207. The standard InChI is InChI=1S/C14H14O2/c1-16-14(15)10-4-8-12-6-2-5-11-7-3-9-13(11)12/h2-8H,9-10H2,1H3. The van der Waals surface area contributed by atoms with Crippen LogP contribution in [0.25, 0.3) is 12.2 Å². The first-order chi connectivity index (χ1) is 7.81. The quantitative estimate of drug-likeness (QED) is 0.723. The lowest BCUT2D eigenvalue weighted by Gasteiger charge is -2.03. The Morgan fingerprint density at radius 3 is 3.19 bits per heavy atom. The Bertz CT molecular complexity index is 456. The zero-order chi connectivity index (χ0) is 11.4. The Kier molecular flexibility index (Phi) is 3.20. The first kappa shape index (κ1) is 10.7. The fourth-order valence-electron chi connectivity index (χ4n) is 1.84. The molecule has 0 radical (unpaired) electrons. The van der Waals surface area contributed by atoms with E-state index in [0.29, 0.717) is 6.42 Å². The van der Waals surface area contributed by atoms with Gasteiger partial charge in [-0.05, 0) is 23.1 Å². The van der Waals surface area contributed by atoms with Gasteiger partial charge in [0.2, 0.25) is 0 Å². The fraction of sp³-hybridized carbons (Fsp3) is 0.214. The van der Waals surface area contributed by atoms with Crippen molar-refractivity contribution in [2.24, 2.45) is 0 Å². The molecule has 1 aliphatic carbocycles. The van der Waals surface area contributed by atoms with Gasteiger partial charge in [-0.1, -0.05) is 42.5 Å². The van der Waals surface area contributed by atoms with Crippen molar-refractivity contribution < 1.29 is 9.53 Å². The van der Waals surface area contributed by atoms with Gasteiger partial charge < -0.3 is 4.74 Å². The normalized spacial score (nSPS) is 13.1. The smallest absolute Gasteiger partial charge is 0.309 e. The van der Waals surface area contributed by atoms with Gasteiger partial charge in [-0.15, -0.1) is 0 Å². The highest BCUT2D eigenvalue weighted by Gasteiger charge is 2.07. The molecular weight excluding hydrogens is 200 g/mol. The number of allylic oxidation sites excluding steroid dienone is 1. The van der Waals surface area contributed by atoms with Crippen molar-refractivity contribution in [3.8, 4) is 0 Å². The van der Waals surface area contributed by atoms with Gasteiger partial charge >= 0.3 is 5.97 Å². The van der Waals surface area contributed by atoms with Crippen LogP contribution in [0.1, 0.15) is 23.1 Å². The first-order valence-electron chi connectivity index (χ1n) is 5.33. The molecule has 0 bridgehead atoms. The molecule has 16 heavy (non-hydrogen) atoms. The topological polar surface area (TPSA) is 26.3 Å². The van der Waals surface area contributed by atoms with Gasteiger partial charge in [-0.3, -0.25) is 4.79 Å². The molecule has 2 nitrogen and oxygen atoms in total. The van der Waals surface area contributed by atoms with Gasteiger partial charge in [-0.25, -0.2) is 0 Å². The van der Waals surface area contributed by atoms with E-state index in [1.165, 1.54) is 23.8 Å². The summed E-state index contributed by atoms with van der Waals surface area (Å²) in [5.41, 5.74) is 3.80. The lowest BCUT2D eigenvalue weighted by Crippen LogP contribution is -1.96. The number of ether oxygens (including phenoxy) is 1. The van der Waals surface area contributed by atoms with Gasteiger partial charge in [-0.2, -0.15) is 0 Å². The zero-order valence-corrected chi connectivity index (χ0v) is 9.27. The maximum atomic E-state index is 10.9. The lowest BCUT2D eigenvalue weighted by atomic mass is 10.0. The number of benzene rings is 1. The summed E-state index contributed by atoms with van der Waals surface area (Å²) in [5.74, 6) is -0.207. The highest BCUT2D eigenvalue weighted by molar-refractivity contribution is 5.74. The summed E-state index contributed by atoms with van der Waals surface area (Å²) in [6, 6.07) is 6.21. The summed E-state index contributed by atoms with van der Waals surface area (Å²) in [6.45, 7) is 0. The molecule has 0 atom stereocenters. The van der Waals surface area contributed by atoms with Crippen LogP contribution in [0.15, 0.2) is 30.4 Å². The average molecular weight is 214 g/mol. The van der Waals surface area contributed by atoms with Crippen LogP contribution in [-0.2, 0) is 16.0 Å². The van der Waals surface area contributed by atoms with E-state index in [1.54, 1.807) is 0 Å². The first-order valence-corrected chi connectivity index (χ1v) is 5.33. The van der Waals surface area contributed by atoms with E-state index in [0.717, 1.165) is 6.42 Å². The van der Waals surface area contributed by atoms with Crippen LogP contribution in [0.4, 0.5) is 0 Å². The zero-order valence-electron chi connectivity index (χ0n) is 9.27. The number of esters is 1. The second-order valence-corrected chi connectivity index (χ2v) is 3.70. The van der Waals surface area contributed by atoms with Crippen molar-refractivity contribution in [2.45, 2.75) is 12.8 Å². The summed E-state index contributed by atoms with van der Waals surface area (Å²) < 4.78 is 4.58. The second kappa shape index (κ2) is 4.79. The van der Waals surface area contributed by atoms with Crippen LogP contribution >= 0.6 is 0 Å². The summed E-state index contributed by atoms with van der Waals surface area (Å²) >= 11 is 0. The predicted octanol–water partition coefficient (Wildman–Crippen LogP) is 2.83. The van der Waals surface area contributed by atoms with Crippen molar-refractivity contribution >= 4 is 18.1 Å². The van der Waals surface area contributed by atoms with E-state index >= 15 is 0 Å². The van der Waals surface area contributed by atoms with Crippen LogP contribution < -0.4 is 0 Å². The molecule has 0 aliphatic heterocycles. The van der Waals surface area contributed by atoms with E-state index in [2.05, 4.69) is 29.0 Å². The van der Waals surface area contributed by atoms with E-state index in [-0.39, 0.29) is 5.97 Å². The molecule has 2 rings (SSSR count). The largest absolute Gasteiger partial charge is 0.469 e. The number of rotatable bonds is 3. The van der Waals surface area contributed by atoms with Crippen molar-refractivity contribution in [1.82, 2.24) is 0 Å². The molecule has 0 heterocycles. The number of carbonyl (C=O) groups is 1. The summed E-state index contributed by atoms with van der Waals surface area (Å²) in [4.78, 5) is 10.9. The second-order valence-electron chi connectivity index (χ2n) is 3.70. The Morgan fingerprint density at radius 1 is 1.50 bits per heavy atom. The summed E-state index contributed by atoms with van der Waals surface area (Å²) in [5, 5.41) is 0. The Balaban J connectivity index is 2.11. The molecular formula is C14H14O2. The van der Waals surface area contributed by atoms with Crippen molar-refractivity contribution in [3.63, 3.8) is 0 Å². The predicted molar refractivity (Wildman–Crippen MR) is 64.8 cm³/mol. The number of hydrogen-bond donors (Lipinski definition) is 0. The number of fused-ring (bicyclic) bond motifs is 1. The molecule has 2 heteroatoms. The number of methoxy groups -OCH3 is 1. The minimum atomic E-state index is -0.207. The third-order valence-electron chi connectivity index (χ3n) is 2.68. The molecule has 0 saturated carbocycles. The third-order valence-corrected chi connectivity index (χ3v) is 2.68. The van der Waals surface area contributed by atoms with Crippen LogP contribution in [0.3, 0.4) is 0 Å². The van der Waals surface area contributed by atoms with Crippen LogP contribution in [0.5, 0.6) is 0 Å². The molecule has 1 aromatic rings. The molecule has 0 saturated heterocycles. The summed E-state index contributed by atoms with van der Waals surface area (Å²) in [6.07, 6.45) is 9.43.